The van der Waals surface area contributed by atoms with Gasteiger partial charge in [0.1, 0.15) is 27.7 Å². The molecule has 1 aliphatic heterocycles. The molecule has 0 aliphatic carbocycles. The fourth-order valence-corrected chi connectivity index (χ4v) is 5.10. The van der Waals surface area contributed by atoms with E-state index in [4.69, 9.17) is 10.5 Å². The summed E-state index contributed by atoms with van der Waals surface area (Å²) in [5.41, 5.74) is 5.87. The molecule has 3 amide bonds. The maximum atomic E-state index is 14.7. The van der Waals surface area contributed by atoms with Crippen LogP contribution in [0, 0.1) is 11.6 Å². The first-order valence-corrected chi connectivity index (χ1v) is 12.0. The summed E-state index contributed by atoms with van der Waals surface area (Å²) in [4.78, 5) is 27.4. The van der Waals surface area contributed by atoms with E-state index >= 15 is 0 Å². The number of hydrazone groups is 1. The number of rotatable bonds is 8. The number of aliphatic imine (C=N–C) groups is 1. The summed E-state index contributed by atoms with van der Waals surface area (Å²) in [5, 5.41) is 11.3. The van der Waals surface area contributed by atoms with Crippen LogP contribution in [0.3, 0.4) is 0 Å². The maximum Gasteiger partial charge on any atom is 0.318 e. The van der Waals surface area contributed by atoms with Gasteiger partial charge in [-0.3, -0.25) is 15.1 Å². The Hall–Kier alpha value is -3.51. The first-order valence-electron chi connectivity index (χ1n) is 11.1. The normalized spacial score (nSPS) is 18.5. The summed E-state index contributed by atoms with van der Waals surface area (Å²) in [6, 6.07) is 11.6. The smallest absolute Gasteiger partial charge is 0.318 e. The number of carbonyl (C=O) groups excluding carboxylic acids is 2. The molecule has 2 aromatic carbocycles. The second kappa shape index (κ2) is 12.0. The highest BCUT2D eigenvalue weighted by molar-refractivity contribution is 8.15. The average Bonchev–Trinajstić information content (AvgIpc) is 3.27. The second-order valence-electron chi connectivity index (χ2n) is 7.90. The average molecular weight is 519 g/mol. The molecule has 1 heterocycles. The van der Waals surface area contributed by atoms with Crippen LogP contribution >= 0.6 is 11.8 Å². The number of hydrogen-bond acceptors (Lipinski definition) is 6. The lowest BCUT2D eigenvalue weighted by Crippen LogP contribution is -2.47. The Morgan fingerprint density at radius 3 is 2.61 bits per heavy atom. The highest BCUT2D eigenvalue weighted by atomic mass is 32.2. The molecule has 2 aromatic rings. The lowest BCUT2D eigenvalue weighted by Gasteiger charge is -2.37. The summed E-state index contributed by atoms with van der Waals surface area (Å²) in [7, 11) is 2.91. The van der Waals surface area contributed by atoms with Crippen molar-refractivity contribution in [1.29, 1.82) is 0 Å². The van der Waals surface area contributed by atoms with Crippen molar-refractivity contribution in [2.24, 2.45) is 15.8 Å². The number of nitrogens with zero attached hydrogens (tertiary/aromatic N) is 3. The van der Waals surface area contributed by atoms with Gasteiger partial charge in [-0.25, -0.2) is 18.6 Å². The Labute approximate surface area is 212 Å². The summed E-state index contributed by atoms with van der Waals surface area (Å²) >= 11 is 1.17. The van der Waals surface area contributed by atoms with Gasteiger partial charge in [0.25, 0.3) is 5.91 Å². The molecular weight excluding hydrogens is 490 g/mol. The Morgan fingerprint density at radius 2 is 1.97 bits per heavy atom. The third-order valence-corrected chi connectivity index (χ3v) is 6.99. The van der Waals surface area contributed by atoms with Crippen LogP contribution in [0.2, 0.25) is 0 Å². The lowest BCUT2D eigenvalue weighted by atomic mass is 9.99. The highest BCUT2D eigenvalue weighted by Gasteiger charge is 2.49. The van der Waals surface area contributed by atoms with Gasteiger partial charge in [-0.15, -0.1) is 0 Å². The van der Waals surface area contributed by atoms with E-state index < -0.39 is 34.5 Å². The molecule has 2 unspecified atom stereocenters. The molecule has 1 aliphatic rings. The molecule has 4 N–H and O–H groups in total. The number of halogens is 2. The van der Waals surface area contributed by atoms with Crippen LogP contribution in [0.1, 0.15) is 30.9 Å². The number of nitrogens with two attached hydrogens (primary N) is 1. The molecule has 0 radical (unpaired) electrons. The van der Waals surface area contributed by atoms with Crippen LogP contribution in [-0.4, -0.2) is 54.8 Å². The molecule has 3 rings (SSSR count). The fourth-order valence-electron chi connectivity index (χ4n) is 3.68. The quantitative estimate of drug-likeness (QED) is 0.282. The van der Waals surface area contributed by atoms with Crippen LogP contribution in [0.4, 0.5) is 13.6 Å². The number of amides is 3. The minimum absolute atomic E-state index is 0.0372. The second-order valence-corrected chi connectivity index (χ2v) is 9.17. The van der Waals surface area contributed by atoms with Crippen molar-refractivity contribution in [2.75, 3.05) is 20.7 Å². The van der Waals surface area contributed by atoms with Crippen molar-refractivity contribution in [3.05, 3.63) is 71.3 Å². The van der Waals surface area contributed by atoms with Crippen molar-refractivity contribution in [1.82, 2.24) is 15.6 Å². The molecule has 9 nitrogen and oxygen atoms in total. The van der Waals surface area contributed by atoms with E-state index in [0.717, 1.165) is 23.8 Å². The van der Waals surface area contributed by atoms with Crippen LogP contribution < -0.4 is 16.4 Å². The van der Waals surface area contributed by atoms with E-state index in [-0.39, 0.29) is 16.6 Å². The number of thioether (sulfide) groups is 1. The largest absolute Gasteiger partial charge is 0.372 e. The van der Waals surface area contributed by atoms with Gasteiger partial charge in [-0.2, -0.15) is 5.10 Å². The van der Waals surface area contributed by atoms with Gasteiger partial charge in [0.2, 0.25) is 0 Å². The van der Waals surface area contributed by atoms with Gasteiger partial charge in [0.15, 0.2) is 5.96 Å². The van der Waals surface area contributed by atoms with Gasteiger partial charge in [0, 0.05) is 26.3 Å². The Balaban J connectivity index is 1.99. The highest BCUT2D eigenvalue weighted by Crippen LogP contribution is 2.50. The molecule has 0 spiro atoms. The van der Waals surface area contributed by atoms with E-state index in [9.17, 15) is 18.4 Å². The Kier molecular flexibility index (Phi) is 8.99. The summed E-state index contributed by atoms with van der Waals surface area (Å²) in [5.74, 6) is -1.50. The monoisotopic (exact) mass is 518 g/mol. The zero-order valence-corrected chi connectivity index (χ0v) is 20.9. The Bertz CT molecular complexity index is 1160. The number of benzene rings is 2. The van der Waals surface area contributed by atoms with E-state index in [2.05, 4.69) is 20.7 Å². The van der Waals surface area contributed by atoms with Crippen molar-refractivity contribution in [3.63, 3.8) is 0 Å². The van der Waals surface area contributed by atoms with Gasteiger partial charge in [0.05, 0.1) is 0 Å². The molecule has 2 atom stereocenters. The number of primary amides is 1. The SMILES string of the molecule is CN=C(NCCCC1(c2ccccc2)SC(c2cc(F)ccc2F)=NN1C(=O)C(C)OC)NC(N)=O. The molecule has 12 heteroatoms. The van der Waals surface area contributed by atoms with Gasteiger partial charge < -0.3 is 15.8 Å². The molecule has 0 saturated heterocycles. The molecule has 36 heavy (non-hydrogen) atoms. The fraction of sp³-hybridized carbons (Fsp3) is 0.333. The third kappa shape index (κ3) is 6.00. The predicted molar refractivity (Wildman–Crippen MR) is 135 cm³/mol. The standard InChI is InChI=1S/C24H28F2N6O3S/c1-15(35-3)21(33)32-24(16-8-5-4-6-9-16,12-7-13-29-23(28-2)30-22(27)34)36-20(31-32)18-14-17(25)10-11-19(18)26/h4-6,8-11,14-15H,7,12-13H2,1-3H3,(H4,27,28,29,30,34). The first kappa shape index (κ1) is 27.1. The van der Waals surface area contributed by atoms with E-state index in [1.54, 1.807) is 6.92 Å². The lowest BCUT2D eigenvalue weighted by molar-refractivity contribution is -0.144. The first-order chi connectivity index (χ1) is 17.2. The van der Waals surface area contributed by atoms with E-state index in [1.807, 2.05) is 30.3 Å². The number of hydrogen-bond donors (Lipinski definition) is 3. The molecule has 0 saturated carbocycles. The third-order valence-electron chi connectivity index (χ3n) is 5.54. The maximum absolute atomic E-state index is 14.7. The minimum atomic E-state index is -1.07. The van der Waals surface area contributed by atoms with Crippen molar-refractivity contribution < 1.29 is 23.1 Å². The molecule has 0 fully saturated rings. The number of urea groups is 1. The number of ether oxygens (including phenoxy) is 1. The summed E-state index contributed by atoms with van der Waals surface area (Å²) in [6.07, 6.45) is 0.0285. The summed E-state index contributed by atoms with van der Waals surface area (Å²) < 4.78 is 34.0. The zero-order chi connectivity index (χ0) is 26.3. The van der Waals surface area contributed by atoms with Crippen LogP contribution in [-0.2, 0) is 14.4 Å². The van der Waals surface area contributed by atoms with Crippen molar-refractivity contribution >= 4 is 34.7 Å². The van der Waals surface area contributed by atoms with Gasteiger partial charge in [-0.1, -0.05) is 42.1 Å². The molecule has 0 bridgehead atoms. The van der Waals surface area contributed by atoms with Crippen LogP contribution in [0.5, 0.6) is 0 Å². The van der Waals surface area contributed by atoms with E-state index in [0.29, 0.717) is 19.4 Å². The number of carbonyl (C=O) groups is 2. The van der Waals surface area contributed by atoms with Crippen LogP contribution in [0.15, 0.2) is 58.6 Å². The zero-order valence-electron chi connectivity index (χ0n) is 20.1. The predicted octanol–water partition coefficient (Wildman–Crippen LogP) is 3.11. The summed E-state index contributed by atoms with van der Waals surface area (Å²) in [6.45, 7) is 1.97. The van der Waals surface area contributed by atoms with Gasteiger partial charge in [-0.05, 0) is 43.5 Å². The van der Waals surface area contributed by atoms with Crippen LogP contribution in [0.25, 0.3) is 0 Å². The molecule has 192 valence electrons. The minimum Gasteiger partial charge on any atom is -0.372 e. The number of methoxy groups -OCH3 is 1. The topological polar surface area (TPSA) is 121 Å². The number of guanidine groups is 1. The van der Waals surface area contributed by atoms with Gasteiger partial charge >= 0.3 is 6.03 Å². The van der Waals surface area contributed by atoms with Crippen molar-refractivity contribution in [3.8, 4) is 0 Å². The molecular formula is C24H28F2N6O3S. The van der Waals surface area contributed by atoms with E-state index in [1.165, 1.54) is 30.9 Å². The number of nitrogens with one attached hydrogen (secondary N) is 2. The molecule has 0 aromatic heterocycles. The van der Waals surface area contributed by atoms with Crippen molar-refractivity contribution in [2.45, 2.75) is 30.7 Å². The Morgan fingerprint density at radius 1 is 1.25 bits per heavy atom.